The summed E-state index contributed by atoms with van der Waals surface area (Å²) in [6.45, 7) is 0.315. The molecule has 3 N–H and O–H groups in total. The van der Waals surface area contributed by atoms with E-state index in [-0.39, 0.29) is 18.5 Å². The summed E-state index contributed by atoms with van der Waals surface area (Å²) in [6.07, 6.45) is 0. The SMILES string of the molecule is COCC(=O)Nc1cccc(NC(=O)NCc2nc3ccccc3s2)c1. The number of nitrogens with one attached hydrogen (secondary N) is 3. The molecule has 0 saturated carbocycles. The van der Waals surface area contributed by atoms with Gasteiger partial charge in [-0.05, 0) is 30.3 Å². The number of amides is 3. The first-order chi connectivity index (χ1) is 12.6. The molecule has 0 saturated heterocycles. The average molecular weight is 370 g/mol. The normalized spacial score (nSPS) is 10.5. The van der Waals surface area contributed by atoms with Gasteiger partial charge in [0.25, 0.3) is 0 Å². The Labute approximate surface area is 154 Å². The number of carbonyl (C=O) groups excluding carboxylic acids is 2. The van der Waals surface area contributed by atoms with Gasteiger partial charge in [-0.3, -0.25) is 4.79 Å². The zero-order valence-electron chi connectivity index (χ0n) is 14.1. The van der Waals surface area contributed by atoms with Crippen molar-refractivity contribution in [2.24, 2.45) is 0 Å². The molecule has 1 heterocycles. The average Bonchev–Trinajstić information content (AvgIpc) is 3.03. The van der Waals surface area contributed by atoms with E-state index in [4.69, 9.17) is 4.74 Å². The number of carbonyl (C=O) groups is 2. The highest BCUT2D eigenvalue weighted by molar-refractivity contribution is 7.18. The Morgan fingerprint density at radius 1 is 1.08 bits per heavy atom. The summed E-state index contributed by atoms with van der Waals surface area (Å²) < 4.78 is 5.86. The van der Waals surface area contributed by atoms with E-state index in [0.29, 0.717) is 17.9 Å². The van der Waals surface area contributed by atoms with E-state index in [2.05, 4.69) is 20.9 Å². The predicted molar refractivity (Wildman–Crippen MR) is 102 cm³/mol. The number of fused-ring (bicyclic) bond motifs is 1. The second-order valence-electron chi connectivity index (χ2n) is 5.44. The molecule has 0 atom stereocenters. The lowest BCUT2D eigenvalue weighted by molar-refractivity contribution is -0.119. The lowest BCUT2D eigenvalue weighted by Crippen LogP contribution is -2.28. The minimum atomic E-state index is -0.343. The highest BCUT2D eigenvalue weighted by Crippen LogP contribution is 2.21. The number of para-hydroxylation sites is 1. The van der Waals surface area contributed by atoms with Gasteiger partial charge in [-0.2, -0.15) is 0 Å². The lowest BCUT2D eigenvalue weighted by Gasteiger charge is -2.09. The van der Waals surface area contributed by atoms with Crippen molar-refractivity contribution < 1.29 is 14.3 Å². The number of urea groups is 1. The van der Waals surface area contributed by atoms with Gasteiger partial charge in [0.2, 0.25) is 5.91 Å². The Hall–Kier alpha value is -2.97. The van der Waals surface area contributed by atoms with Gasteiger partial charge in [0.1, 0.15) is 11.6 Å². The molecule has 8 heteroatoms. The smallest absolute Gasteiger partial charge is 0.319 e. The number of anilines is 2. The fourth-order valence-electron chi connectivity index (χ4n) is 2.33. The summed E-state index contributed by atoms with van der Waals surface area (Å²) in [5.41, 5.74) is 2.08. The number of thiazole rings is 1. The molecule has 0 spiro atoms. The summed E-state index contributed by atoms with van der Waals surface area (Å²) >= 11 is 1.55. The first-order valence-corrected chi connectivity index (χ1v) is 8.74. The van der Waals surface area contributed by atoms with Gasteiger partial charge in [0.05, 0.1) is 16.8 Å². The summed E-state index contributed by atoms with van der Waals surface area (Å²) in [4.78, 5) is 28.1. The van der Waals surface area contributed by atoms with Gasteiger partial charge in [-0.25, -0.2) is 9.78 Å². The van der Waals surface area contributed by atoms with Crippen LogP contribution in [0.4, 0.5) is 16.2 Å². The Kier molecular flexibility index (Phi) is 5.77. The molecule has 0 fully saturated rings. The standard InChI is InChI=1S/C18H18N4O3S/c1-25-11-16(23)20-12-5-4-6-13(9-12)21-18(24)19-10-17-22-14-7-2-3-8-15(14)26-17/h2-9H,10-11H2,1H3,(H,20,23)(H2,19,21,24). The lowest BCUT2D eigenvalue weighted by atomic mass is 10.2. The van der Waals surface area contributed by atoms with E-state index >= 15 is 0 Å². The van der Waals surface area contributed by atoms with Gasteiger partial charge in [0.15, 0.2) is 0 Å². The zero-order chi connectivity index (χ0) is 18.4. The van der Waals surface area contributed by atoms with Crippen molar-refractivity contribution in [3.05, 3.63) is 53.5 Å². The molecule has 1 aromatic heterocycles. The van der Waals surface area contributed by atoms with E-state index in [1.54, 1.807) is 35.6 Å². The molecule has 0 aliphatic heterocycles. The molecular weight excluding hydrogens is 352 g/mol. The number of ether oxygens (including phenoxy) is 1. The van der Waals surface area contributed by atoms with Crippen LogP contribution in [0.25, 0.3) is 10.2 Å². The molecule has 3 aromatic rings. The first-order valence-electron chi connectivity index (χ1n) is 7.92. The highest BCUT2D eigenvalue weighted by atomic mass is 32.1. The molecule has 3 amide bonds. The Balaban J connectivity index is 1.55. The largest absolute Gasteiger partial charge is 0.375 e. The van der Waals surface area contributed by atoms with Crippen LogP contribution in [0.5, 0.6) is 0 Å². The van der Waals surface area contributed by atoms with Gasteiger partial charge in [-0.15, -0.1) is 11.3 Å². The van der Waals surface area contributed by atoms with Crippen molar-refractivity contribution in [3.8, 4) is 0 Å². The number of hydrogen-bond acceptors (Lipinski definition) is 5. The van der Waals surface area contributed by atoms with Crippen molar-refractivity contribution in [1.29, 1.82) is 0 Å². The van der Waals surface area contributed by atoms with Crippen molar-refractivity contribution in [2.45, 2.75) is 6.54 Å². The third kappa shape index (κ3) is 4.78. The summed E-state index contributed by atoms with van der Waals surface area (Å²) in [5.74, 6) is -0.259. The van der Waals surface area contributed by atoms with E-state index in [1.807, 2.05) is 24.3 Å². The second kappa shape index (κ2) is 8.41. The number of rotatable bonds is 6. The van der Waals surface area contributed by atoms with Gasteiger partial charge in [0, 0.05) is 18.5 Å². The number of benzene rings is 2. The quantitative estimate of drug-likeness (QED) is 0.621. The van der Waals surface area contributed by atoms with Crippen molar-refractivity contribution in [3.63, 3.8) is 0 Å². The minimum Gasteiger partial charge on any atom is -0.375 e. The van der Waals surface area contributed by atoms with Crippen LogP contribution in [0, 0.1) is 0 Å². The van der Waals surface area contributed by atoms with E-state index in [9.17, 15) is 9.59 Å². The maximum Gasteiger partial charge on any atom is 0.319 e. The maximum atomic E-state index is 12.1. The van der Waals surface area contributed by atoms with Crippen molar-refractivity contribution in [1.82, 2.24) is 10.3 Å². The van der Waals surface area contributed by atoms with E-state index in [1.165, 1.54) is 7.11 Å². The van der Waals surface area contributed by atoms with Crippen LogP contribution in [0.2, 0.25) is 0 Å². The molecule has 134 valence electrons. The Morgan fingerprint density at radius 2 is 1.85 bits per heavy atom. The molecule has 0 aliphatic rings. The molecule has 0 bridgehead atoms. The zero-order valence-corrected chi connectivity index (χ0v) is 14.9. The number of nitrogens with zero attached hydrogens (tertiary/aromatic N) is 1. The van der Waals surface area contributed by atoms with Crippen LogP contribution < -0.4 is 16.0 Å². The highest BCUT2D eigenvalue weighted by Gasteiger charge is 2.07. The van der Waals surface area contributed by atoms with E-state index in [0.717, 1.165) is 15.2 Å². The topological polar surface area (TPSA) is 92.4 Å². The van der Waals surface area contributed by atoms with Crippen LogP contribution in [0.3, 0.4) is 0 Å². The fraction of sp³-hybridized carbons (Fsp3) is 0.167. The van der Waals surface area contributed by atoms with Crippen LogP contribution in [0.1, 0.15) is 5.01 Å². The Morgan fingerprint density at radius 3 is 2.62 bits per heavy atom. The van der Waals surface area contributed by atoms with Gasteiger partial charge >= 0.3 is 6.03 Å². The molecule has 3 rings (SSSR count). The first kappa shape index (κ1) is 17.8. The molecular formula is C18H18N4O3S. The molecule has 0 aliphatic carbocycles. The molecule has 0 unspecified atom stereocenters. The molecule has 26 heavy (non-hydrogen) atoms. The third-order valence-corrected chi connectivity index (χ3v) is 4.45. The third-order valence-electron chi connectivity index (χ3n) is 3.42. The van der Waals surface area contributed by atoms with Gasteiger partial charge in [-0.1, -0.05) is 18.2 Å². The monoisotopic (exact) mass is 370 g/mol. The predicted octanol–water partition coefficient (Wildman–Crippen LogP) is 3.20. The Bertz CT molecular complexity index is 892. The minimum absolute atomic E-state index is 0.0275. The summed E-state index contributed by atoms with van der Waals surface area (Å²) in [6, 6.07) is 14.4. The molecule has 7 nitrogen and oxygen atoms in total. The van der Waals surface area contributed by atoms with Crippen LogP contribution in [-0.2, 0) is 16.1 Å². The van der Waals surface area contributed by atoms with Crippen LogP contribution in [0.15, 0.2) is 48.5 Å². The fourth-order valence-corrected chi connectivity index (χ4v) is 3.24. The van der Waals surface area contributed by atoms with Gasteiger partial charge < -0.3 is 20.7 Å². The number of aromatic nitrogens is 1. The second-order valence-corrected chi connectivity index (χ2v) is 6.56. The molecule has 0 radical (unpaired) electrons. The van der Waals surface area contributed by atoms with Crippen molar-refractivity contribution >= 4 is 44.9 Å². The summed E-state index contributed by atoms with van der Waals surface area (Å²) in [5, 5.41) is 9.04. The summed E-state index contributed by atoms with van der Waals surface area (Å²) in [7, 11) is 1.45. The maximum absolute atomic E-state index is 12.1. The van der Waals surface area contributed by atoms with Crippen LogP contribution >= 0.6 is 11.3 Å². The molecule has 2 aromatic carbocycles. The number of methoxy groups -OCH3 is 1. The van der Waals surface area contributed by atoms with E-state index < -0.39 is 0 Å². The van der Waals surface area contributed by atoms with Crippen molar-refractivity contribution in [2.75, 3.05) is 24.4 Å². The number of hydrogen-bond donors (Lipinski definition) is 3. The van der Waals surface area contributed by atoms with Crippen LogP contribution in [-0.4, -0.2) is 30.6 Å².